The highest BCUT2D eigenvalue weighted by Gasteiger charge is 2.10. The van der Waals surface area contributed by atoms with Crippen LogP contribution in [-0.2, 0) is 6.54 Å². The minimum absolute atomic E-state index is 0.158. The summed E-state index contributed by atoms with van der Waals surface area (Å²) in [5.41, 5.74) is 1.58. The summed E-state index contributed by atoms with van der Waals surface area (Å²) in [6, 6.07) is 3.51. The fourth-order valence-electron chi connectivity index (χ4n) is 1.47. The Bertz CT molecular complexity index is 389. The number of hydrazone groups is 1. The van der Waals surface area contributed by atoms with Gasteiger partial charge in [0.1, 0.15) is 0 Å². The molecule has 1 aromatic carbocycles. The molecule has 1 aromatic rings. The minimum Gasteiger partial charge on any atom is -0.504 e. The Morgan fingerprint density at radius 3 is 2.69 bits per heavy atom. The summed E-state index contributed by atoms with van der Waals surface area (Å²) in [6.07, 6.45) is 1.52. The number of phenols is 1. The molecule has 0 saturated carbocycles. The van der Waals surface area contributed by atoms with Gasteiger partial charge in [0.15, 0.2) is 11.5 Å². The first kappa shape index (κ1) is 12.3. The van der Waals surface area contributed by atoms with E-state index in [0.717, 1.165) is 11.1 Å². The fourth-order valence-corrected chi connectivity index (χ4v) is 1.47. The number of methoxy groups -OCH3 is 1. The number of nitrogens with two attached hydrogens (primary N) is 1. The van der Waals surface area contributed by atoms with Crippen LogP contribution in [0.3, 0.4) is 0 Å². The summed E-state index contributed by atoms with van der Waals surface area (Å²) >= 11 is 0. The Kier molecular flexibility index (Phi) is 4.13. The topological polar surface area (TPSA) is 71.1 Å². The fraction of sp³-hybridized carbons (Fsp3) is 0.364. The summed E-state index contributed by atoms with van der Waals surface area (Å²) in [5, 5.41) is 13.4. The van der Waals surface area contributed by atoms with E-state index in [1.54, 1.807) is 6.07 Å². The van der Waals surface area contributed by atoms with E-state index in [9.17, 15) is 5.11 Å². The largest absolute Gasteiger partial charge is 0.504 e. The first-order valence-electron chi connectivity index (χ1n) is 4.86. The number of ether oxygens (including phenoxy) is 1. The molecule has 88 valence electrons. The average molecular weight is 223 g/mol. The number of hydrogen-bond acceptors (Lipinski definition) is 5. The molecular formula is C11H17N3O2. The summed E-state index contributed by atoms with van der Waals surface area (Å²) < 4.78 is 5.08. The van der Waals surface area contributed by atoms with Crippen LogP contribution in [0, 0.1) is 0 Å². The van der Waals surface area contributed by atoms with Crippen LogP contribution in [0.1, 0.15) is 11.1 Å². The van der Waals surface area contributed by atoms with Gasteiger partial charge in [-0.1, -0.05) is 0 Å². The summed E-state index contributed by atoms with van der Waals surface area (Å²) in [7, 11) is 5.36. The SMILES string of the molecule is COc1cc(C=NN)cc(CN(C)C)c1O. The van der Waals surface area contributed by atoms with Gasteiger partial charge in [-0.15, -0.1) is 0 Å². The first-order valence-corrected chi connectivity index (χ1v) is 4.86. The third-order valence-electron chi connectivity index (χ3n) is 2.11. The van der Waals surface area contributed by atoms with Crippen LogP contribution in [0.25, 0.3) is 0 Å². The van der Waals surface area contributed by atoms with Crippen molar-refractivity contribution < 1.29 is 9.84 Å². The number of hydrogen-bond donors (Lipinski definition) is 2. The van der Waals surface area contributed by atoms with Gasteiger partial charge in [-0.2, -0.15) is 5.10 Å². The molecule has 0 saturated heterocycles. The van der Waals surface area contributed by atoms with Crippen molar-refractivity contribution >= 4 is 6.21 Å². The summed E-state index contributed by atoms with van der Waals surface area (Å²) in [6.45, 7) is 0.619. The first-order chi connectivity index (χ1) is 7.58. The lowest BCUT2D eigenvalue weighted by molar-refractivity contribution is 0.354. The smallest absolute Gasteiger partial charge is 0.162 e. The van der Waals surface area contributed by atoms with E-state index in [-0.39, 0.29) is 5.75 Å². The number of rotatable bonds is 4. The van der Waals surface area contributed by atoms with Crippen molar-refractivity contribution in [3.8, 4) is 11.5 Å². The van der Waals surface area contributed by atoms with Crippen LogP contribution < -0.4 is 10.6 Å². The molecule has 0 spiro atoms. The van der Waals surface area contributed by atoms with Crippen molar-refractivity contribution in [3.63, 3.8) is 0 Å². The predicted molar refractivity (Wildman–Crippen MR) is 63.8 cm³/mol. The standard InChI is InChI=1S/C11H17N3O2/c1-14(2)7-9-4-8(6-13-12)5-10(16-3)11(9)15/h4-6,15H,7,12H2,1-3H3. The van der Waals surface area contributed by atoms with E-state index in [4.69, 9.17) is 10.6 Å². The van der Waals surface area contributed by atoms with Crippen molar-refractivity contribution in [1.29, 1.82) is 0 Å². The van der Waals surface area contributed by atoms with Gasteiger partial charge in [0.2, 0.25) is 0 Å². The maximum absolute atomic E-state index is 9.90. The van der Waals surface area contributed by atoms with Gasteiger partial charge in [0.25, 0.3) is 0 Å². The predicted octanol–water partition coefficient (Wildman–Crippen LogP) is 0.755. The van der Waals surface area contributed by atoms with Gasteiger partial charge < -0.3 is 20.6 Å². The van der Waals surface area contributed by atoms with Crippen molar-refractivity contribution in [2.75, 3.05) is 21.2 Å². The quantitative estimate of drug-likeness (QED) is 0.449. The molecule has 0 bridgehead atoms. The average Bonchev–Trinajstić information content (AvgIpc) is 2.22. The van der Waals surface area contributed by atoms with Crippen LogP contribution in [0.15, 0.2) is 17.2 Å². The maximum atomic E-state index is 9.90. The second-order valence-corrected chi connectivity index (χ2v) is 3.75. The van der Waals surface area contributed by atoms with E-state index in [2.05, 4.69) is 5.10 Å². The van der Waals surface area contributed by atoms with Crippen molar-refractivity contribution in [3.05, 3.63) is 23.3 Å². The molecule has 16 heavy (non-hydrogen) atoms. The van der Waals surface area contributed by atoms with Gasteiger partial charge in [-0.25, -0.2) is 0 Å². The van der Waals surface area contributed by atoms with Gasteiger partial charge >= 0.3 is 0 Å². The highest BCUT2D eigenvalue weighted by Crippen LogP contribution is 2.31. The second-order valence-electron chi connectivity index (χ2n) is 3.75. The number of phenolic OH excluding ortho intramolecular Hbond substituents is 1. The van der Waals surface area contributed by atoms with E-state index in [1.165, 1.54) is 13.3 Å². The molecule has 0 aliphatic rings. The molecule has 3 N–H and O–H groups in total. The molecule has 5 nitrogen and oxygen atoms in total. The number of nitrogens with zero attached hydrogens (tertiary/aromatic N) is 2. The monoisotopic (exact) mass is 223 g/mol. The lowest BCUT2D eigenvalue weighted by Gasteiger charge is -2.14. The molecule has 0 radical (unpaired) electrons. The van der Waals surface area contributed by atoms with Crippen LogP contribution in [0.2, 0.25) is 0 Å². The highest BCUT2D eigenvalue weighted by molar-refractivity contribution is 5.81. The normalized spacial score (nSPS) is 11.2. The van der Waals surface area contributed by atoms with Gasteiger partial charge in [-0.05, 0) is 31.8 Å². The van der Waals surface area contributed by atoms with Gasteiger partial charge in [0, 0.05) is 12.1 Å². The second kappa shape index (κ2) is 5.37. The third-order valence-corrected chi connectivity index (χ3v) is 2.11. The molecule has 1 rings (SSSR count). The van der Waals surface area contributed by atoms with E-state index >= 15 is 0 Å². The molecule has 0 unspecified atom stereocenters. The lowest BCUT2D eigenvalue weighted by atomic mass is 10.1. The van der Waals surface area contributed by atoms with Gasteiger partial charge in [0.05, 0.1) is 13.3 Å². The Morgan fingerprint density at radius 1 is 1.50 bits per heavy atom. The number of benzene rings is 1. The molecule has 0 heterocycles. The molecule has 0 aliphatic heterocycles. The van der Waals surface area contributed by atoms with E-state index in [1.807, 2.05) is 25.1 Å². The molecule has 0 fully saturated rings. The van der Waals surface area contributed by atoms with E-state index in [0.29, 0.717) is 12.3 Å². The van der Waals surface area contributed by atoms with E-state index < -0.39 is 0 Å². The minimum atomic E-state index is 0.158. The molecule has 0 amide bonds. The lowest BCUT2D eigenvalue weighted by Crippen LogP contribution is -2.11. The molecular weight excluding hydrogens is 206 g/mol. The maximum Gasteiger partial charge on any atom is 0.162 e. The molecule has 5 heteroatoms. The van der Waals surface area contributed by atoms with Crippen LogP contribution in [0.5, 0.6) is 11.5 Å². The summed E-state index contributed by atoms with van der Waals surface area (Å²) in [4.78, 5) is 1.96. The van der Waals surface area contributed by atoms with Crippen LogP contribution >= 0.6 is 0 Å². The zero-order valence-corrected chi connectivity index (χ0v) is 9.77. The number of aromatic hydroxyl groups is 1. The zero-order valence-electron chi connectivity index (χ0n) is 9.77. The summed E-state index contributed by atoms with van der Waals surface area (Å²) in [5.74, 6) is 5.68. The van der Waals surface area contributed by atoms with Crippen molar-refractivity contribution in [1.82, 2.24) is 4.90 Å². The Labute approximate surface area is 95.1 Å². The Morgan fingerprint density at radius 2 is 2.19 bits per heavy atom. The Balaban J connectivity index is 3.18. The van der Waals surface area contributed by atoms with Gasteiger partial charge in [-0.3, -0.25) is 0 Å². The molecule has 0 atom stereocenters. The van der Waals surface area contributed by atoms with Crippen molar-refractivity contribution in [2.45, 2.75) is 6.54 Å². The highest BCUT2D eigenvalue weighted by atomic mass is 16.5. The molecule has 0 aromatic heterocycles. The Hall–Kier alpha value is -1.75. The van der Waals surface area contributed by atoms with Crippen LogP contribution in [-0.4, -0.2) is 37.4 Å². The van der Waals surface area contributed by atoms with Crippen LogP contribution in [0.4, 0.5) is 0 Å². The van der Waals surface area contributed by atoms with Crippen molar-refractivity contribution in [2.24, 2.45) is 10.9 Å². The zero-order chi connectivity index (χ0) is 12.1. The third kappa shape index (κ3) is 2.87. The molecule has 0 aliphatic carbocycles.